The molecule has 17 heteroatoms. The Balaban J connectivity index is 1.19. The van der Waals surface area contributed by atoms with E-state index in [2.05, 4.69) is 16.0 Å². The molecule has 0 aliphatic heterocycles. The van der Waals surface area contributed by atoms with Crippen LogP contribution in [0.1, 0.15) is 72.3 Å². The van der Waals surface area contributed by atoms with E-state index in [0.717, 1.165) is 13.2 Å². The van der Waals surface area contributed by atoms with Gasteiger partial charge in [-0.25, -0.2) is 9.18 Å². The average Bonchev–Trinajstić information content (AvgIpc) is 3.27. The van der Waals surface area contributed by atoms with Gasteiger partial charge in [0.25, 0.3) is 11.8 Å². The highest BCUT2D eigenvalue weighted by Crippen LogP contribution is 2.40. The number of carboxylic acid groups (broad SMARTS) is 1. The molecule has 0 saturated carbocycles. The van der Waals surface area contributed by atoms with Crippen molar-refractivity contribution in [3.63, 3.8) is 0 Å². The van der Waals surface area contributed by atoms with Gasteiger partial charge in [0.1, 0.15) is 17.4 Å². The molecule has 0 aliphatic carbocycles. The number of rotatable bonds is 17. The van der Waals surface area contributed by atoms with Crippen LogP contribution in [0, 0.1) is 34.4 Å². The van der Waals surface area contributed by atoms with Crippen molar-refractivity contribution in [3.8, 4) is 35.1 Å². The molecule has 0 bridgehead atoms. The van der Waals surface area contributed by atoms with Gasteiger partial charge >= 0.3 is 5.97 Å². The first-order valence-electron chi connectivity index (χ1n) is 19.1. The van der Waals surface area contributed by atoms with Crippen LogP contribution in [-0.2, 0) is 16.0 Å². The van der Waals surface area contributed by atoms with Crippen molar-refractivity contribution in [2.24, 2.45) is 5.92 Å². The Morgan fingerprint density at radius 3 is 1.77 bits per heavy atom. The molecule has 5 rings (SSSR count). The molecule has 324 valence electrons. The number of Topliss-reactive ketones (excluding diaryl/α,β-unsaturated/α-hetero) is 2. The fourth-order valence-electron chi connectivity index (χ4n) is 6.43. The Morgan fingerprint density at radius 2 is 1.22 bits per heavy atom. The number of nitrogens with zero attached hydrogens (tertiary/aromatic N) is 2. The van der Waals surface area contributed by atoms with Crippen molar-refractivity contribution in [1.29, 1.82) is 10.5 Å². The fourth-order valence-corrected chi connectivity index (χ4v) is 6.43. The number of anilines is 3. The van der Waals surface area contributed by atoms with E-state index in [1.54, 1.807) is 19.1 Å². The van der Waals surface area contributed by atoms with Crippen LogP contribution in [0.5, 0.6) is 23.0 Å². The van der Waals surface area contributed by atoms with Gasteiger partial charge < -0.3 is 40.7 Å². The van der Waals surface area contributed by atoms with E-state index < -0.39 is 64.1 Å². The summed E-state index contributed by atoms with van der Waals surface area (Å²) in [5.41, 5.74) is 1.05. The van der Waals surface area contributed by atoms with Gasteiger partial charge in [0.2, 0.25) is 5.91 Å². The van der Waals surface area contributed by atoms with Crippen molar-refractivity contribution in [1.82, 2.24) is 0 Å². The van der Waals surface area contributed by atoms with E-state index in [1.807, 2.05) is 12.1 Å². The molecule has 0 aromatic heterocycles. The van der Waals surface area contributed by atoms with Gasteiger partial charge in [-0.1, -0.05) is 36.4 Å². The topological polar surface area (TPSA) is 265 Å². The number of methoxy groups -OCH3 is 2. The molecule has 3 amide bonds. The van der Waals surface area contributed by atoms with E-state index in [0.29, 0.717) is 16.7 Å². The monoisotopic (exact) mass is 867 g/mol. The number of hydrogen-bond acceptors (Lipinski definition) is 12. The first kappa shape index (κ1) is 46.2. The largest absolute Gasteiger partial charge is 0.504 e. The van der Waals surface area contributed by atoms with Crippen LogP contribution >= 0.6 is 0 Å². The lowest BCUT2D eigenvalue weighted by Crippen LogP contribution is -2.25. The second-order valence-corrected chi connectivity index (χ2v) is 14.0. The van der Waals surface area contributed by atoms with Gasteiger partial charge in [-0.3, -0.25) is 24.0 Å². The maximum atomic E-state index is 13.4. The number of phenols is 2. The highest BCUT2D eigenvalue weighted by molar-refractivity contribution is 6.11. The van der Waals surface area contributed by atoms with Crippen molar-refractivity contribution in [3.05, 3.63) is 142 Å². The molecule has 0 radical (unpaired) electrons. The number of nitrogens with one attached hydrogen (secondary N) is 3. The molecular weight excluding hydrogens is 830 g/mol. The number of ketones is 2. The third-order valence-corrected chi connectivity index (χ3v) is 9.88. The molecule has 1 atom stereocenters. The first-order valence-corrected chi connectivity index (χ1v) is 19.1. The van der Waals surface area contributed by atoms with E-state index in [9.17, 15) is 59.0 Å². The summed E-state index contributed by atoms with van der Waals surface area (Å²) in [5, 5.41) is 57.2. The number of allylic oxidation sites excluding steroid dienone is 2. The zero-order chi connectivity index (χ0) is 46.7. The van der Waals surface area contributed by atoms with Crippen LogP contribution in [0.25, 0.3) is 5.57 Å². The Morgan fingerprint density at radius 1 is 0.688 bits per heavy atom. The molecule has 5 aromatic rings. The second kappa shape index (κ2) is 20.6. The van der Waals surface area contributed by atoms with Gasteiger partial charge in [0.05, 0.1) is 48.7 Å². The number of nitriles is 2. The quantitative estimate of drug-likeness (QED) is 0.0305. The van der Waals surface area contributed by atoms with Crippen LogP contribution in [0.15, 0.2) is 103 Å². The maximum absolute atomic E-state index is 13.4. The maximum Gasteiger partial charge on any atom is 0.339 e. The predicted molar refractivity (Wildman–Crippen MR) is 230 cm³/mol. The zero-order valence-corrected chi connectivity index (χ0v) is 34.3. The number of phenolic OH excluding ortho intramolecular Hbond substituents is 1. The summed E-state index contributed by atoms with van der Waals surface area (Å²) in [6.07, 6.45) is -0.737. The van der Waals surface area contributed by atoms with Gasteiger partial charge in [0.15, 0.2) is 34.6 Å². The SMILES string of the molecule is COc1c(NC(=O)c2ccc(NC(=O)c3ccc(NC(=O)[C@H](CC#N)CC(=O)c4ccc(CC(=O)/C(C#N)=C(\C)c5ccc(F)cc5)cc4)cc3)c(OC)c2O)ccc(C(=O)O)c1O. The Bertz CT molecular complexity index is 2770. The molecule has 0 saturated heterocycles. The first-order chi connectivity index (χ1) is 30.6. The third-order valence-electron chi connectivity index (χ3n) is 9.88. The molecule has 0 fully saturated rings. The summed E-state index contributed by atoms with van der Waals surface area (Å²) in [6.45, 7) is 1.60. The summed E-state index contributed by atoms with van der Waals surface area (Å²) in [4.78, 5) is 77.2. The van der Waals surface area contributed by atoms with Crippen LogP contribution in [-0.4, -0.2) is 64.8 Å². The lowest BCUT2D eigenvalue weighted by atomic mass is 9.93. The zero-order valence-electron chi connectivity index (χ0n) is 34.3. The fraction of sp³-hybridized carbons (Fsp3) is 0.149. The number of carbonyl (C=O) groups excluding carboxylic acids is 5. The summed E-state index contributed by atoms with van der Waals surface area (Å²) < 4.78 is 23.7. The van der Waals surface area contributed by atoms with E-state index in [1.165, 1.54) is 86.0 Å². The standard InChI is InChI=1S/C47H38FN5O11/c1-25(27-8-12-31(48)13-9-27)35(24-50)39(55)22-26-4-6-28(7-5-26)38(54)23-30(20-21-49)45(59)51-32-14-10-29(11-15-32)44(58)52-36-18-16-33(40(56)42(36)63-2)46(60)53-37-19-17-34(47(61)62)41(57)43(37)64-3/h4-19,30,56-57H,20,22-23H2,1-3H3,(H,51,59)(H,52,58)(H,53,60)(H,61,62)/b35-25+/t30-/m1/s1. The number of aromatic hydroxyl groups is 2. The molecule has 0 aliphatic rings. The summed E-state index contributed by atoms with van der Waals surface area (Å²) >= 11 is 0. The Hall–Kier alpha value is -8.83. The Kier molecular flexibility index (Phi) is 14.9. The number of ether oxygens (including phenoxy) is 2. The smallest absolute Gasteiger partial charge is 0.339 e. The van der Waals surface area contributed by atoms with Crippen molar-refractivity contribution in [2.45, 2.75) is 26.2 Å². The minimum Gasteiger partial charge on any atom is -0.504 e. The molecule has 0 heterocycles. The number of hydrogen-bond donors (Lipinski definition) is 6. The van der Waals surface area contributed by atoms with Gasteiger partial charge in [-0.2, -0.15) is 10.5 Å². The lowest BCUT2D eigenvalue weighted by Gasteiger charge is -2.16. The number of carboxylic acids is 1. The average molecular weight is 868 g/mol. The van der Waals surface area contributed by atoms with Crippen LogP contribution in [0.3, 0.4) is 0 Å². The second-order valence-electron chi connectivity index (χ2n) is 14.0. The molecule has 5 aromatic carbocycles. The third kappa shape index (κ3) is 10.7. The molecule has 6 N–H and O–H groups in total. The van der Waals surface area contributed by atoms with E-state index in [-0.39, 0.29) is 70.1 Å². The number of carbonyl (C=O) groups is 6. The molecular formula is C47H38FN5O11. The minimum atomic E-state index is -1.43. The van der Waals surface area contributed by atoms with Gasteiger partial charge in [-0.15, -0.1) is 0 Å². The molecule has 64 heavy (non-hydrogen) atoms. The molecule has 0 unspecified atom stereocenters. The lowest BCUT2D eigenvalue weighted by molar-refractivity contribution is -0.119. The summed E-state index contributed by atoms with van der Waals surface area (Å²) in [7, 11) is 2.35. The number of halogens is 1. The minimum absolute atomic E-state index is 0.0222. The molecule has 0 spiro atoms. The van der Waals surface area contributed by atoms with E-state index >= 15 is 0 Å². The predicted octanol–water partition coefficient (Wildman–Crippen LogP) is 7.31. The van der Waals surface area contributed by atoms with E-state index in [4.69, 9.17) is 9.47 Å². The van der Waals surface area contributed by atoms with Crippen molar-refractivity contribution >= 4 is 57.9 Å². The highest BCUT2D eigenvalue weighted by atomic mass is 19.1. The van der Waals surface area contributed by atoms with Crippen molar-refractivity contribution < 1.29 is 58.0 Å². The number of benzene rings is 5. The van der Waals surface area contributed by atoms with Crippen LogP contribution < -0.4 is 25.4 Å². The molecule has 16 nitrogen and oxygen atoms in total. The van der Waals surface area contributed by atoms with Crippen molar-refractivity contribution in [2.75, 3.05) is 30.2 Å². The van der Waals surface area contributed by atoms with Gasteiger partial charge in [0, 0.05) is 36.1 Å². The highest BCUT2D eigenvalue weighted by Gasteiger charge is 2.26. The van der Waals surface area contributed by atoms with Gasteiger partial charge in [-0.05, 0) is 84.3 Å². The van der Waals surface area contributed by atoms with Crippen LogP contribution in [0.4, 0.5) is 21.5 Å². The number of aromatic carboxylic acids is 1. The number of amides is 3. The normalized spacial score (nSPS) is 11.4. The summed E-state index contributed by atoms with van der Waals surface area (Å²) in [5.74, 6) is -8.01. The Labute approximate surface area is 364 Å². The summed E-state index contributed by atoms with van der Waals surface area (Å²) in [6, 6.07) is 25.6. The van der Waals surface area contributed by atoms with Crippen LogP contribution in [0.2, 0.25) is 0 Å².